The molecular weight excluding hydrogens is 270 g/mol. The molecule has 0 N–H and O–H groups in total. The third-order valence-electron chi connectivity index (χ3n) is 3.42. The maximum Gasteiger partial charge on any atom is 0.284 e. The lowest BCUT2D eigenvalue weighted by Gasteiger charge is -2.18. The number of hydrogen-bond donors (Lipinski definition) is 0. The van der Waals surface area contributed by atoms with Gasteiger partial charge in [0.1, 0.15) is 0 Å². The fourth-order valence-corrected chi connectivity index (χ4v) is 3.29. The van der Waals surface area contributed by atoms with Crippen LogP contribution >= 0.6 is 22.9 Å². The Morgan fingerprint density at radius 2 is 2.28 bits per heavy atom. The third kappa shape index (κ3) is 3.42. The van der Waals surface area contributed by atoms with Crippen LogP contribution in [0.5, 0.6) is 0 Å². The minimum absolute atomic E-state index is 0.0171. The van der Waals surface area contributed by atoms with Crippen LogP contribution in [0, 0.1) is 5.92 Å². The molecule has 0 saturated carbocycles. The number of likely N-dealkylation sites (tertiary alicyclic amines) is 1. The lowest BCUT2D eigenvalue weighted by atomic mass is 9.96. The van der Waals surface area contributed by atoms with E-state index in [-0.39, 0.29) is 5.91 Å². The maximum absolute atomic E-state index is 12.2. The van der Waals surface area contributed by atoms with Crippen molar-refractivity contribution in [3.8, 4) is 0 Å². The van der Waals surface area contributed by atoms with Crippen LogP contribution in [0.2, 0.25) is 4.47 Å². The first-order chi connectivity index (χ1) is 8.70. The molecule has 18 heavy (non-hydrogen) atoms. The lowest BCUT2D eigenvalue weighted by molar-refractivity contribution is 0.0758. The van der Waals surface area contributed by atoms with Gasteiger partial charge >= 0.3 is 0 Å². The van der Waals surface area contributed by atoms with Crippen LogP contribution in [0.4, 0.5) is 0 Å². The zero-order chi connectivity index (χ0) is 13.0. The molecule has 0 radical (unpaired) electrons. The van der Waals surface area contributed by atoms with E-state index in [9.17, 15) is 4.79 Å². The predicted molar refractivity (Wildman–Crippen MR) is 73.1 cm³/mol. The second-order valence-electron chi connectivity index (χ2n) is 4.74. The monoisotopic (exact) mass is 287 g/mol. The molecule has 2 rings (SSSR count). The standard InChI is InChI=1S/C12H18ClN3OS/c1-2-4-9-5-3-7-16(8-6-9)11(17)10-14-15-12(13)18-10/h9H,2-8H2,1H3. The van der Waals surface area contributed by atoms with E-state index in [1.807, 2.05) is 4.90 Å². The summed E-state index contributed by atoms with van der Waals surface area (Å²) in [6.07, 6.45) is 5.92. The molecule has 1 aliphatic rings. The van der Waals surface area contributed by atoms with Crippen molar-refractivity contribution >= 4 is 28.8 Å². The number of nitrogens with zero attached hydrogens (tertiary/aromatic N) is 3. The van der Waals surface area contributed by atoms with Gasteiger partial charge in [-0.25, -0.2) is 0 Å². The Morgan fingerprint density at radius 3 is 2.94 bits per heavy atom. The van der Waals surface area contributed by atoms with Crippen LogP contribution < -0.4 is 0 Å². The van der Waals surface area contributed by atoms with Gasteiger partial charge in [0, 0.05) is 13.1 Å². The largest absolute Gasteiger partial charge is 0.337 e. The van der Waals surface area contributed by atoms with Gasteiger partial charge < -0.3 is 4.90 Å². The van der Waals surface area contributed by atoms with Crippen LogP contribution in [-0.4, -0.2) is 34.1 Å². The normalized spacial score (nSPS) is 20.8. The van der Waals surface area contributed by atoms with E-state index in [2.05, 4.69) is 17.1 Å². The second-order valence-corrected chi connectivity index (χ2v) is 6.30. The minimum atomic E-state index is -0.0171. The maximum atomic E-state index is 12.2. The van der Waals surface area contributed by atoms with Crippen molar-refractivity contribution in [3.05, 3.63) is 9.47 Å². The molecule has 100 valence electrons. The van der Waals surface area contributed by atoms with Gasteiger partial charge in [-0.05, 0) is 36.8 Å². The van der Waals surface area contributed by atoms with E-state index in [1.165, 1.54) is 19.3 Å². The van der Waals surface area contributed by atoms with Crippen molar-refractivity contribution < 1.29 is 4.79 Å². The number of hydrogen-bond acceptors (Lipinski definition) is 4. The summed E-state index contributed by atoms with van der Waals surface area (Å²) >= 11 is 6.87. The van der Waals surface area contributed by atoms with E-state index in [4.69, 9.17) is 11.6 Å². The average molecular weight is 288 g/mol. The summed E-state index contributed by atoms with van der Waals surface area (Å²) in [6, 6.07) is 0. The number of carbonyl (C=O) groups excluding carboxylic acids is 1. The quantitative estimate of drug-likeness (QED) is 0.857. The summed E-state index contributed by atoms with van der Waals surface area (Å²) in [5.74, 6) is 0.752. The van der Waals surface area contributed by atoms with E-state index >= 15 is 0 Å². The Balaban J connectivity index is 1.95. The number of aromatic nitrogens is 2. The fraction of sp³-hybridized carbons (Fsp3) is 0.750. The highest BCUT2D eigenvalue weighted by Crippen LogP contribution is 2.24. The summed E-state index contributed by atoms with van der Waals surface area (Å²) < 4.78 is 0.331. The highest BCUT2D eigenvalue weighted by atomic mass is 35.5. The molecule has 1 amide bonds. The van der Waals surface area contributed by atoms with Crippen molar-refractivity contribution in [3.63, 3.8) is 0 Å². The molecule has 6 heteroatoms. The van der Waals surface area contributed by atoms with Gasteiger partial charge in [-0.15, -0.1) is 10.2 Å². The number of carbonyl (C=O) groups is 1. The summed E-state index contributed by atoms with van der Waals surface area (Å²) in [5, 5.41) is 7.92. The fourth-order valence-electron chi connectivity index (χ4n) is 2.49. The summed E-state index contributed by atoms with van der Waals surface area (Å²) in [4.78, 5) is 14.1. The van der Waals surface area contributed by atoms with Gasteiger partial charge in [0.25, 0.3) is 5.91 Å². The van der Waals surface area contributed by atoms with Crippen molar-refractivity contribution in [2.45, 2.75) is 39.0 Å². The summed E-state index contributed by atoms with van der Waals surface area (Å²) in [5.41, 5.74) is 0. The molecular formula is C12H18ClN3OS. The molecule has 1 unspecified atom stereocenters. The highest BCUT2D eigenvalue weighted by Gasteiger charge is 2.23. The van der Waals surface area contributed by atoms with Gasteiger partial charge in [-0.2, -0.15) is 0 Å². The van der Waals surface area contributed by atoms with Crippen molar-refractivity contribution in [1.82, 2.24) is 15.1 Å². The van der Waals surface area contributed by atoms with Crippen LogP contribution in [0.1, 0.15) is 48.8 Å². The van der Waals surface area contributed by atoms with Crippen LogP contribution in [0.3, 0.4) is 0 Å². The minimum Gasteiger partial charge on any atom is -0.337 e. The highest BCUT2D eigenvalue weighted by molar-refractivity contribution is 7.17. The van der Waals surface area contributed by atoms with E-state index in [1.54, 1.807) is 0 Å². The molecule has 1 aromatic heterocycles. The zero-order valence-electron chi connectivity index (χ0n) is 10.6. The lowest BCUT2D eigenvalue weighted by Crippen LogP contribution is -2.32. The first-order valence-electron chi connectivity index (χ1n) is 6.49. The number of halogens is 1. The average Bonchev–Trinajstić information content (AvgIpc) is 2.65. The topological polar surface area (TPSA) is 46.1 Å². The van der Waals surface area contributed by atoms with Gasteiger partial charge in [0.05, 0.1) is 0 Å². The molecule has 0 aromatic carbocycles. The van der Waals surface area contributed by atoms with Crippen LogP contribution in [-0.2, 0) is 0 Å². The molecule has 0 aliphatic carbocycles. The number of rotatable bonds is 3. The Bertz CT molecular complexity index is 410. The Kier molecular flexibility index (Phi) is 4.95. The zero-order valence-corrected chi connectivity index (χ0v) is 12.1. The molecule has 1 fully saturated rings. The Hall–Kier alpha value is -0.680. The molecule has 4 nitrogen and oxygen atoms in total. The van der Waals surface area contributed by atoms with Crippen molar-refractivity contribution in [1.29, 1.82) is 0 Å². The SMILES string of the molecule is CCCC1CCCN(C(=O)c2nnc(Cl)s2)CC1. The van der Waals surface area contributed by atoms with Gasteiger partial charge in [0.2, 0.25) is 9.47 Å². The van der Waals surface area contributed by atoms with Gasteiger partial charge in [-0.3, -0.25) is 4.79 Å². The van der Waals surface area contributed by atoms with Gasteiger partial charge in [-0.1, -0.05) is 31.1 Å². The van der Waals surface area contributed by atoms with Crippen molar-refractivity contribution in [2.75, 3.05) is 13.1 Å². The van der Waals surface area contributed by atoms with E-state index in [0.29, 0.717) is 9.47 Å². The van der Waals surface area contributed by atoms with Gasteiger partial charge in [0.15, 0.2) is 0 Å². The first-order valence-corrected chi connectivity index (χ1v) is 7.68. The summed E-state index contributed by atoms with van der Waals surface area (Å²) in [6.45, 7) is 3.88. The van der Waals surface area contributed by atoms with Crippen LogP contribution in [0.25, 0.3) is 0 Å². The van der Waals surface area contributed by atoms with Crippen LogP contribution in [0.15, 0.2) is 0 Å². The molecule has 0 bridgehead atoms. The molecule has 1 saturated heterocycles. The Labute approximate surface area is 116 Å². The summed E-state index contributed by atoms with van der Waals surface area (Å²) in [7, 11) is 0. The smallest absolute Gasteiger partial charge is 0.284 e. The molecule has 1 aromatic rings. The number of amides is 1. The Morgan fingerprint density at radius 1 is 1.44 bits per heavy atom. The predicted octanol–water partition coefficient (Wildman–Crippen LogP) is 3.23. The first kappa shape index (κ1) is 13.7. The van der Waals surface area contributed by atoms with E-state index < -0.39 is 0 Å². The molecule has 2 heterocycles. The molecule has 1 atom stereocenters. The van der Waals surface area contributed by atoms with E-state index in [0.717, 1.165) is 43.2 Å². The van der Waals surface area contributed by atoms with Crippen molar-refractivity contribution in [2.24, 2.45) is 5.92 Å². The molecule has 0 spiro atoms. The molecule has 1 aliphatic heterocycles. The third-order valence-corrected chi connectivity index (χ3v) is 4.42. The second kappa shape index (κ2) is 6.48.